The molecule has 1 aliphatic rings. The largest absolute Gasteiger partial charge is 0.486 e. The van der Waals surface area contributed by atoms with E-state index < -0.39 is 24.5 Å². The molecule has 0 unspecified atom stereocenters. The number of halogens is 1. The third-order valence-corrected chi connectivity index (χ3v) is 4.34. The second-order valence-corrected chi connectivity index (χ2v) is 6.59. The summed E-state index contributed by atoms with van der Waals surface area (Å²) in [6.45, 7) is -0.584. The predicted octanol–water partition coefficient (Wildman–Crippen LogP) is 2.92. The van der Waals surface area contributed by atoms with Crippen molar-refractivity contribution in [3.63, 3.8) is 0 Å². The van der Waals surface area contributed by atoms with Gasteiger partial charge in [0.15, 0.2) is 6.61 Å². The van der Waals surface area contributed by atoms with Crippen molar-refractivity contribution >= 4 is 17.9 Å². The number of furan rings is 1. The Hall–Kier alpha value is -3.36. The van der Waals surface area contributed by atoms with E-state index in [-0.39, 0.29) is 24.2 Å². The van der Waals surface area contributed by atoms with Crippen LogP contribution in [0.2, 0.25) is 0 Å². The quantitative estimate of drug-likeness (QED) is 0.687. The second kappa shape index (κ2) is 9.72. The van der Waals surface area contributed by atoms with Gasteiger partial charge in [0.25, 0.3) is 5.91 Å². The number of carbonyl (C=O) groups is 3. The van der Waals surface area contributed by atoms with E-state index >= 15 is 0 Å². The summed E-state index contributed by atoms with van der Waals surface area (Å²) in [5, 5.41) is 4.82. The number of urea groups is 1. The minimum Gasteiger partial charge on any atom is -0.486 e. The molecule has 1 aromatic heterocycles. The van der Waals surface area contributed by atoms with Crippen molar-refractivity contribution in [3.8, 4) is 5.75 Å². The molecule has 154 valence electrons. The van der Waals surface area contributed by atoms with E-state index in [1.807, 2.05) is 0 Å². The molecule has 0 saturated heterocycles. The maximum absolute atomic E-state index is 12.9. The molecule has 3 rings (SSSR count). The van der Waals surface area contributed by atoms with Crippen LogP contribution in [-0.2, 0) is 16.1 Å². The molecule has 2 aromatic rings. The topological polar surface area (TPSA) is 107 Å². The summed E-state index contributed by atoms with van der Waals surface area (Å²) < 4.78 is 28.4. The Morgan fingerprint density at radius 1 is 1.07 bits per heavy atom. The fourth-order valence-corrected chi connectivity index (χ4v) is 2.91. The lowest BCUT2D eigenvalue weighted by molar-refractivity contribution is -0.123. The molecule has 0 aliphatic heterocycles. The molecule has 29 heavy (non-hydrogen) atoms. The van der Waals surface area contributed by atoms with Crippen LogP contribution in [0.1, 0.15) is 42.0 Å². The van der Waals surface area contributed by atoms with Gasteiger partial charge in [0.1, 0.15) is 23.9 Å². The lowest BCUT2D eigenvalue weighted by Crippen LogP contribution is -2.44. The van der Waals surface area contributed by atoms with Crippen LogP contribution in [0.15, 0.2) is 40.8 Å². The summed E-state index contributed by atoms with van der Waals surface area (Å²) in [4.78, 5) is 35.4. The highest BCUT2D eigenvalue weighted by Crippen LogP contribution is 2.17. The Balaban J connectivity index is 1.39. The number of carbonyl (C=O) groups excluding carboxylic acids is 3. The fraction of sp³-hybridized carbons (Fsp3) is 0.350. The fourth-order valence-electron chi connectivity index (χ4n) is 2.91. The summed E-state index contributed by atoms with van der Waals surface area (Å²) in [5.41, 5.74) is 0. The molecule has 1 heterocycles. The van der Waals surface area contributed by atoms with E-state index in [0.717, 1.165) is 25.7 Å². The maximum atomic E-state index is 12.9. The van der Waals surface area contributed by atoms with Crippen molar-refractivity contribution in [1.29, 1.82) is 0 Å². The lowest BCUT2D eigenvalue weighted by Gasteiger charge is -2.12. The highest BCUT2D eigenvalue weighted by molar-refractivity contribution is 5.96. The zero-order chi connectivity index (χ0) is 20.6. The normalized spacial score (nSPS) is 13.7. The van der Waals surface area contributed by atoms with E-state index in [0.29, 0.717) is 11.5 Å². The standard InChI is InChI=1S/C20H21FN2O6/c21-13-5-7-15(8-6-13)27-11-16-9-10-17(29-16)19(25)28-12-18(24)23-20(26)22-14-3-1-2-4-14/h5-10,14H,1-4,11-12H2,(H2,22,23,24,26). The molecule has 8 nitrogen and oxygen atoms in total. The van der Waals surface area contributed by atoms with Crippen molar-refractivity contribution in [3.05, 3.63) is 53.7 Å². The van der Waals surface area contributed by atoms with Gasteiger partial charge in [-0.25, -0.2) is 14.0 Å². The van der Waals surface area contributed by atoms with Crippen LogP contribution in [0.5, 0.6) is 5.75 Å². The Morgan fingerprint density at radius 3 is 2.52 bits per heavy atom. The molecule has 1 aliphatic carbocycles. The van der Waals surface area contributed by atoms with E-state index in [4.69, 9.17) is 13.9 Å². The van der Waals surface area contributed by atoms with E-state index in [2.05, 4.69) is 10.6 Å². The summed E-state index contributed by atoms with van der Waals surface area (Å²) in [6, 6.07) is 7.84. The number of esters is 1. The first-order chi connectivity index (χ1) is 14.0. The Labute approximate surface area is 166 Å². The van der Waals surface area contributed by atoms with E-state index in [1.54, 1.807) is 0 Å². The molecule has 1 fully saturated rings. The van der Waals surface area contributed by atoms with Crippen LogP contribution >= 0.6 is 0 Å². The summed E-state index contributed by atoms with van der Waals surface area (Å²) in [6.07, 6.45) is 3.89. The first-order valence-electron chi connectivity index (χ1n) is 9.24. The van der Waals surface area contributed by atoms with Gasteiger partial charge in [-0.3, -0.25) is 10.1 Å². The number of amides is 3. The van der Waals surface area contributed by atoms with Crippen LogP contribution in [-0.4, -0.2) is 30.6 Å². The molecule has 9 heteroatoms. The predicted molar refractivity (Wildman–Crippen MR) is 98.7 cm³/mol. The van der Waals surface area contributed by atoms with Gasteiger partial charge >= 0.3 is 12.0 Å². The number of benzene rings is 1. The number of nitrogens with one attached hydrogen (secondary N) is 2. The number of hydrogen-bond acceptors (Lipinski definition) is 6. The van der Waals surface area contributed by atoms with Gasteiger partial charge < -0.3 is 19.2 Å². The van der Waals surface area contributed by atoms with Gasteiger partial charge in [-0.2, -0.15) is 0 Å². The molecular weight excluding hydrogens is 383 g/mol. The number of ether oxygens (including phenoxy) is 2. The first-order valence-corrected chi connectivity index (χ1v) is 9.24. The van der Waals surface area contributed by atoms with Crippen molar-refractivity contribution in [2.45, 2.75) is 38.3 Å². The number of imide groups is 1. The number of hydrogen-bond donors (Lipinski definition) is 2. The zero-order valence-electron chi connectivity index (χ0n) is 15.6. The van der Waals surface area contributed by atoms with Gasteiger partial charge in [0, 0.05) is 6.04 Å². The molecule has 2 N–H and O–H groups in total. The van der Waals surface area contributed by atoms with Crippen molar-refractivity contribution in [2.24, 2.45) is 0 Å². The van der Waals surface area contributed by atoms with E-state index in [9.17, 15) is 18.8 Å². The molecular formula is C20H21FN2O6. The van der Waals surface area contributed by atoms with Crippen LogP contribution < -0.4 is 15.4 Å². The molecule has 1 saturated carbocycles. The van der Waals surface area contributed by atoms with Crippen LogP contribution in [0.4, 0.5) is 9.18 Å². The lowest BCUT2D eigenvalue weighted by atomic mass is 10.2. The monoisotopic (exact) mass is 404 g/mol. The molecule has 0 atom stereocenters. The third kappa shape index (κ3) is 6.34. The maximum Gasteiger partial charge on any atom is 0.374 e. The molecule has 3 amide bonds. The summed E-state index contributed by atoms with van der Waals surface area (Å²) in [7, 11) is 0. The highest BCUT2D eigenvalue weighted by atomic mass is 19.1. The zero-order valence-corrected chi connectivity index (χ0v) is 15.6. The van der Waals surface area contributed by atoms with Gasteiger partial charge in [-0.1, -0.05) is 12.8 Å². The average Bonchev–Trinajstić information content (AvgIpc) is 3.37. The van der Waals surface area contributed by atoms with Crippen LogP contribution in [0, 0.1) is 5.82 Å². The van der Waals surface area contributed by atoms with Crippen molar-refractivity contribution in [2.75, 3.05) is 6.61 Å². The average molecular weight is 404 g/mol. The number of rotatable bonds is 7. The van der Waals surface area contributed by atoms with E-state index in [1.165, 1.54) is 36.4 Å². The second-order valence-electron chi connectivity index (χ2n) is 6.59. The summed E-state index contributed by atoms with van der Waals surface area (Å²) >= 11 is 0. The SMILES string of the molecule is O=C(COC(=O)c1ccc(COc2ccc(F)cc2)o1)NC(=O)NC1CCCC1. The van der Waals surface area contributed by atoms with Gasteiger partial charge in [-0.15, -0.1) is 0 Å². The first kappa shape index (κ1) is 20.4. The van der Waals surface area contributed by atoms with Gasteiger partial charge in [-0.05, 0) is 49.2 Å². The van der Waals surface area contributed by atoms with Crippen molar-refractivity contribution in [1.82, 2.24) is 10.6 Å². The Morgan fingerprint density at radius 2 is 1.79 bits per heavy atom. The Bertz CT molecular complexity index is 858. The van der Waals surface area contributed by atoms with Crippen LogP contribution in [0.3, 0.4) is 0 Å². The van der Waals surface area contributed by atoms with Crippen molar-refractivity contribution < 1.29 is 32.7 Å². The Kier molecular flexibility index (Phi) is 6.83. The highest BCUT2D eigenvalue weighted by Gasteiger charge is 2.19. The van der Waals surface area contributed by atoms with Gasteiger partial charge in [0.05, 0.1) is 0 Å². The molecule has 0 spiro atoms. The van der Waals surface area contributed by atoms with Gasteiger partial charge in [0.2, 0.25) is 5.76 Å². The smallest absolute Gasteiger partial charge is 0.374 e. The molecule has 1 aromatic carbocycles. The molecule has 0 bridgehead atoms. The minimum absolute atomic E-state index is 0.0285. The summed E-state index contributed by atoms with van der Waals surface area (Å²) in [5.74, 6) is -1.27. The third-order valence-electron chi connectivity index (χ3n) is 4.34. The van der Waals surface area contributed by atoms with Crippen LogP contribution in [0.25, 0.3) is 0 Å². The molecule has 0 radical (unpaired) electrons. The minimum atomic E-state index is -0.843.